The van der Waals surface area contributed by atoms with Crippen LogP contribution in [0.25, 0.3) is 11.5 Å². The molecule has 0 radical (unpaired) electrons. The molecule has 0 aliphatic rings. The van der Waals surface area contributed by atoms with Crippen LogP contribution in [0.15, 0.2) is 77.2 Å². The van der Waals surface area contributed by atoms with E-state index in [1.807, 2.05) is 54.6 Å². The number of aryl methyl sites for hydroxylation is 2. The Labute approximate surface area is 169 Å². The summed E-state index contributed by atoms with van der Waals surface area (Å²) in [7, 11) is 0. The van der Waals surface area contributed by atoms with E-state index in [0.717, 1.165) is 16.8 Å². The maximum Gasteiger partial charge on any atom is 0.247 e. The molecule has 1 aromatic heterocycles. The van der Waals surface area contributed by atoms with Gasteiger partial charge in [0.1, 0.15) is 6.04 Å². The second-order valence-electron chi connectivity index (χ2n) is 6.82. The molecule has 3 aromatic carbocycles. The molecule has 0 bridgehead atoms. The number of hydrogen-bond acceptors (Lipinski definition) is 4. The van der Waals surface area contributed by atoms with Gasteiger partial charge in [-0.2, -0.15) is 0 Å². The average Bonchev–Trinajstić information content (AvgIpc) is 3.17. The van der Waals surface area contributed by atoms with Gasteiger partial charge in [0.2, 0.25) is 11.8 Å². The van der Waals surface area contributed by atoms with Gasteiger partial charge in [0.15, 0.2) is 0 Å². The number of nitrogens with zero attached hydrogens (tertiary/aromatic N) is 2. The lowest BCUT2D eigenvalue weighted by Crippen LogP contribution is -2.13. The standard InChI is InChI=1S/C23H20ClN3O/c1-15-12-16(2)14-20(13-15)25-21(17-8-10-19(24)11-9-17)23-27-26-22(28-23)18-6-4-3-5-7-18/h3-14,21,25H,1-2H3. The van der Waals surface area contributed by atoms with Crippen molar-refractivity contribution in [3.8, 4) is 11.5 Å². The van der Waals surface area contributed by atoms with Gasteiger partial charge in [-0.3, -0.25) is 0 Å². The lowest BCUT2D eigenvalue weighted by atomic mass is 10.1. The first kappa shape index (κ1) is 18.3. The van der Waals surface area contributed by atoms with Crippen LogP contribution in [0.1, 0.15) is 28.6 Å². The van der Waals surface area contributed by atoms with Crippen molar-refractivity contribution >= 4 is 17.3 Å². The van der Waals surface area contributed by atoms with Crippen LogP contribution in [0, 0.1) is 13.8 Å². The number of rotatable bonds is 5. The summed E-state index contributed by atoms with van der Waals surface area (Å²) in [5.74, 6) is 0.997. The summed E-state index contributed by atoms with van der Waals surface area (Å²) in [6, 6.07) is 23.5. The Morgan fingerprint density at radius 2 is 1.54 bits per heavy atom. The Balaban J connectivity index is 1.73. The van der Waals surface area contributed by atoms with Crippen LogP contribution in [0.3, 0.4) is 0 Å². The van der Waals surface area contributed by atoms with Crippen molar-refractivity contribution in [3.63, 3.8) is 0 Å². The molecule has 4 rings (SSSR count). The van der Waals surface area contributed by atoms with Gasteiger partial charge in [-0.25, -0.2) is 0 Å². The van der Waals surface area contributed by atoms with Gasteiger partial charge in [-0.05, 0) is 66.9 Å². The largest absolute Gasteiger partial charge is 0.418 e. The Bertz CT molecular complexity index is 1050. The molecular formula is C23H20ClN3O. The average molecular weight is 390 g/mol. The SMILES string of the molecule is Cc1cc(C)cc(NC(c2ccc(Cl)cc2)c2nnc(-c3ccccc3)o2)c1. The quantitative estimate of drug-likeness (QED) is 0.441. The van der Waals surface area contributed by atoms with E-state index in [1.165, 1.54) is 11.1 Å². The summed E-state index contributed by atoms with van der Waals surface area (Å²) in [4.78, 5) is 0. The van der Waals surface area contributed by atoms with E-state index in [4.69, 9.17) is 16.0 Å². The maximum absolute atomic E-state index is 6.08. The Morgan fingerprint density at radius 3 is 2.21 bits per heavy atom. The van der Waals surface area contributed by atoms with E-state index >= 15 is 0 Å². The first-order valence-corrected chi connectivity index (χ1v) is 9.45. The van der Waals surface area contributed by atoms with Gasteiger partial charge >= 0.3 is 0 Å². The molecular weight excluding hydrogens is 370 g/mol. The minimum Gasteiger partial charge on any atom is -0.418 e. The molecule has 0 saturated heterocycles. The van der Waals surface area contributed by atoms with Crippen LogP contribution >= 0.6 is 11.6 Å². The van der Waals surface area contributed by atoms with Crippen LogP contribution < -0.4 is 5.32 Å². The second kappa shape index (κ2) is 7.87. The third-order valence-electron chi connectivity index (χ3n) is 4.44. The summed E-state index contributed by atoms with van der Waals surface area (Å²) >= 11 is 6.08. The lowest BCUT2D eigenvalue weighted by Gasteiger charge is -2.18. The van der Waals surface area contributed by atoms with Gasteiger partial charge in [-0.15, -0.1) is 10.2 Å². The van der Waals surface area contributed by atoms with Crippen molar-refractivity contribution in [1.82, 2.24) is 10.2 Å². The summed E-state index contributed by atoms with van der Waals surface area (Å²) in [5, 5.41) is 12.8. The Morgan fingerprint density at radius 1 is 0.857 bits per heavy atom. The van der Waals surface area contributed by atoms with Crippen LogP contribution in [0.4, 0.5) is 5.69 Å². The molecule has 0 saturated carbocycles. The highest BCUT2D eigenvalue weighted by Crippen LogP contribution is 2.29. The predicted octanol–water partition coefficient (Wildman–Crippen LogP) is 6.21. The lowest BCUT2D eigenvalue weighted by molar-refractivity contribution is 0.494. The van der Waals surface area contributed by atoms with E-state index in [9.17, 15) is 0 Å². The van der Waals surface area contributed by atoms with Crippen molar-refractivity contribution in [2.75, 3.05) is 5.32 Å². The van der Waals surface area contributed by atoms with E-state index in [1.54, 1.807) is 0 Å². The van der Waals surface area contributed by atoms with Gasteiger partial charge in [0.05, 0.1) is 0 Å². The molecule has 0 amide bonds. The second-order valence-corrected chi connectivity index (χ2v) is 7.25. The van der Waals surface area contributed by atoms with Gasteiger partial charge < -0.3 is 9.73 Å². The number of nitrogens with one attached hydrogen (secondary N) is 1. The van der Waals surface area contributed by atoms with Crippen LogP contribution in [0.5, 0.6) is 0 Å². The van der Waals surface area contributed by atoms with Crippen LogP contribution in [-0.4, -0.2) is 10.2 Å². The van der Waals surface area contributed by atoms with Crippen molar-refractivity contribution in [3.05, 3.63) is 100 Å². The zero-order chi connectivity index (χ0) is 19.5. The smallest absolute Gasteiger partial charge is 0.247 e. The fourth-order valence-electron chi connectivity index (χ4n) is 3.22. The number of benzene rings is 3. The van der Waals surface area contributed by atoms with Crippen molar-refractivity contribution < 1.29 is 4.42 Å². The highest BCUT2D eigenvalue weighted by Gasteiger charge is 2.22. The zero-order valence-corrected chi connectivity index (χ0v) is 16.4. The van der Waals surface area contributed by atoms with Gasteiger partial charge in [0.25, 0.3) is 0 Å². The fourth-order valence-corrected chi connectivity index (χ4v) is 3.34. The molecule has 1 heterocycles. The molecule has 4 nitrogen and oxygen atoms in total. The van der Waals surface area contributed by atoms with E-state index in [2.05, 4.69) is 47.6 Å². The molecule has 1 N–H and O–H groups in total. The number of hydrogen-bond donors (Lipinski definition) is 1. The van der Waals surface area contributed by atoms with E-state index in [-0.39, 0.29) is 6.04 Å². The topological polar surface area (TPSA) is 51.0 Å². The molecule has 4 aromatic rings. The molecule has 0 fully saturated rings. The summed E-state index contributed by atoms with van der Waals surface area (Å²) < 4.78 is 6.03. The minimum atomic E-state index is -0.288. The molecule has 28 heavy (non-hydrogen) atoms. The number of aromatic nitrogens is 2. The van der Waals surface area contributed by atoms with Crippen LogP contribution in [-0.2, 0) is 0 Å². The van der Waals surface area contributed by atoms with Crippen molar-refractivity contribution in [2.24, 2.45) is 0 Å². The van der Waals surface area contributed by atoms with Crippen molar-refractivity contribution in [2.45, 2.75) is 19.9 Å². The Hall–Kier alpha value is -3.11. The normalized spacial score (nSPS) is 12.0. The first-order valence-electron chi connectivity index (χ1n) is 9.07. The summed E-state index contributed by atoms with van der Waals surface area (Å²) in [6.07, 6.45) is 0. The van der Waals surface area contributed by atoms with E-state index < -0.39 is 0 Å². The van der Waals surface area contributed by atoms with Gasteiger partial charge in [0, 0.05) is 16.3 Å². The molecule has 0 spiro atoms. The molecule has 140 valence electrons. The highest BCUT2D eigenvalue weighted by atomic mass is 35.5. The third kappa shape index (κ3) is 4.07. The van der Waals surface area contributed by atoms with Crippen molar-refractivity contribution in [1.29, 1.82) is 0 Å². The molecule has 1 atom stereocenters. The third-order valence-corrected chi connectivity index (χ3v) is 4.70. The maximum atomic E-state index is 6.08. The van der Waals surface area contributed by atoms with E-state index in [0.29, 0.717) is 16.8 Å². The monoisotopic (exact) mass is 389 g/mol. The first-order chi connectivity index (χ1) is 13.6. The summed E-state index contributed by atoms with van der Waals surface area (Å²) in [5.41, 5.74) is 5.26. The predicted molar refractivity (Wildman–Crippen MR) is 113 cm³/mol. The molecule has 0 aliphatic heterocycles. The number of anilines is 1. The summed E-state index contributed by atoms with van der Waals surface area (Å²) in [6.45, 7) is 4.16. The van der Waals surface area contributed by atoms with Crippen LogP contribution in [0.2, 0.25) is 5.02 Å². The molecule has 5 heteroatoms. The number of halogens is 1. The highest BCUT2D eigenvalue weighted by molar-refractivity contribution is 6.30. The zero-order valence-electron chi connectivity index (χ0n) is 15.7. The fraction of sp³-hybridized carbons (Fsp3) is 0.130. The Kier molecular flexibility index (Phi) is 5.13. The van der Waals surface area contributed by atoms with Gasteiger partial charge in [-0.1, -0.05) is 48.0 Å². The molecule has 1 unspecified atom stereocenters. The molecule has 0 aliphatic carbocycles. The minimum absolute atomic E-state index is 0.288.